The smallest absolute Gasteiger partial charge is 0.272 e. The van der Waals surface area contributed by atoms with Gasteiger partial charge in [0.25, 0.3) is 11.8 Å². The van der Waals surface area contributed by atoms with Gasteiger partial charge in [-0.3, -0.25) is 14.4 Å². The van der Waals surface area contributed by atoms with Crippen molar-refractivity contribution in [3.05, 3.63) is 102 Å². The van der Waals surface area contributed by atoms with Gasteiger partial charge in [-0.1, -0.05) is 24.3 Å². The number of amides is 3. The Balaban J connectivity index is 1.56. The monoisotopic (exact) mass is 671 g/mol. The molecule has 4 aromatic carbocycles. The van der Waals surface area contributed by atoms with Crippen molar-refractivity contribution in [1.29, 1.82) is 0 Å². The van der Waals surface area contributed by atoms with Crippen LogP contribution in [0.15, 0.2) is 95.5 Å². The summed E-state index contributed by atoms with van der Waals surface area (Å²) in [5, 5.41) is 7.96. The van der Waals surface area contributed by atoms with Crippen LogP contribution in [0.1, 0.15) is 22.8 Å². The highest BCUT2D eigenvalue weighted by Gasteiger charge is 2.20. The number of thioether (sulfide) groups is 1. The minimum Gasteiger partial charge on any atom is -0.497 e. The quantitative estimate of drug-likeness (QED) is 0.105. The van der Waals surface area contributed by atoms with Crippen LogP contribution in [0, 0.1) is 0 Å². The summed E-state index contributed by atoms with van der Waals surface area (Å²) in [5.41, 5.74) is 1.80. The van der Waals surface area contributed by atoms with E-state index >= 15 is 0 Å². The third-order valence-electron chi connectivity index (χ3n) is 6.97. The lowest BCUT2D eigenvalue weighted by Gasteiger charge is -2.16. The SMILES string of the molecule is COc1ccc(OC)c(NC(=O)C(C)Sc2cccc(NC(=O)/C(=C\c3cc(OC)c(OC)c(OC)c3)NC(=O)c3ccccc3)c2)c1. The molecule has 12 heteroatoms. The summed E-state index contributed by atoms with van der Waals surface area (Å²) in [4.78, 5) is 40.7. The van der Waals surface area contributed by atoms with Crippen molar-refractivity contribution in [2.24, 2.45) is 0 Å². The van der Waals surface area contributed by atoms with Gasteiger partial charge in [-0.15, -0.1) is 11.8 Å². The van der Waals surface area contributed by atoms with E-state index in [1.165, 1.54) is 46.3 Å². The summed E-state index contributed by atoms with van der Waals surface area (Å²) in [6, 6.07) is 24.1. The molecular weight excluding hydrogens is 634 g/mol. The standard InChI is InChI=1S/C36H37N3O8S/c1-22(34(40)38-28-21-26(43-2)15-16-30(28)44-3)48-27-14-10-13-25(20-27)37-36(42)29(39-35(41)24-11-8-7-9-12-24)17-23-18-31(45-4)33(47-6)32(19-23)46-5/h7-22H,1-6H3,(H,37,42)(H,38,40)(H,39,41)/b29-17+. The van der Waals surface area contributed by atoms with Crippen LogP contribution in [-0.4, -0.2) is 58.5 Å². The van der Waals surface area contributed by atoms with E-state index in [4.69, 9.17) is 23.7 Å². The van der Waals surface area contributed by atoms with Crippen LogP contribution >= 0.6 is 11.8 Å². The van der Waals surface area contributed by atoms with Crippen molar-refractivity contribution in [2.75, 3.05) is 46.2 Å². The number of benzene rings is 4. The molecule has 4 aromatic rings. The Labute approximate surface area is 283 Å². The molecule has 0 aliphatic heterocycles. The molecule has 0 bridgehead atoms. The van der Waals surface area contributed by atoms with Crippen molar-refractivity contribution in [3.8, 4) is 28.7 Å². The second-order valence-corrected chi connectivity index (χ2v) is 11.5. The summed E-state index contributed by atoms with van der Waals surface area (Å²) in [6.07, 6.45) is 1.51. The van der Waals surface area contributed by atoms with Crippen LogP contribution in [0.3, 0.4) is 0 Å². The van der Waals surface area contributed by atoms with Crippen molar-refractivity contribution in [3.63, 3.8) is 0 Å². The van der Waals surface area contributed by atoms with Gasteiger partial charge in [0.1, 0.15) is 17.2 Å². The van der Waals surface area contributed by atoms with Gasteiger partial charge in [0.05, 0.1) is 46.5 Å². The van der Waals surface area contributed by atoms with Crippen LogP contribution < -0.4 is 39.6 Å². The number of carbonyl (C=O) groups is 3. The molecule has 0 aromatic heterocycles. The lowest BCUT2D eigenvalue weighted by molar-refractivity contribution is -0.115. The highest BCUT2D eigenvalue weighted by Crippen LogP contribution is 2.39. The minimum absolute atomic E-state index is 0.0313. The van der Waals surface area contributed by atoms with Gasteiger partial charge in [0, 0.05) is 22.2 Å². The third kappa shape index (κ3) is 9.01. The predicted molar refractivity (Wildman–Crippen MR) is 187 cm³/mol. The Morgan fingerprint density at radius 1 is 0.708 bits per heavy atom. The molecule has 0 aliphatic carbocycles. The zero-order valence-corrected chi connectivity index (χ0v) is 28.2. The summed E-state index contributed by atoms with van der Waals surface area (Å²) in [5.74, 6) is 0.924. The van der Waals surface area contributed by atoms with E-state index in [1.54, 1.807) is 92.9 Å². The van der Waals surface area contributed by atoms with Gasteiger partial charge in [-0.25, -0.2) is 0 Å². The molecule has 3 amide bonds. The first-order valence-corrected chi connectivity index (χ1v) is 15.6. The second kappa shape index (κ2) is 16.8. The predicted octanol–water partition coefficient (Wildman–Crippen LogP) is 6.26. The Morgan fingerprint density at radius 3 is 2.02 bits per heavy atom. The van der Waals surface area contributed by atoms with Crippen LogP contribution in [0.4, 0.5) is 11.4 Å². The lowest BCUT2D eigenvalue weighted by atomic mass is 10.1. The lowest BCUT2D eigenvalue weighted by Crippen LogP contribution is -2.30. The molecular formula is C36H37N3O8S. The van der Waals surface area contributed by atoms with Crippen molar-refractivity contribution < 1.29 is 38.1 Å². The maximum Gasteiger partial charge on any atom is 0.272 e. The number of nitrogens with one attached hydrogen (secondary N) is 3. The molecule has 250 valence electrons. The minimum atomic E-state index is -0.578. The summed E-state index contributed by atoms with van der Waals surface area (Å²) >= 11 is 1.31. The Morgan fingerprint density at radius 2 is 1.40 bits per heavy atom. The van der Waals surface area contributed by atoms with E-state index in [2.05, 4.69) is 16.0 Å². The molecule has 0 radical (unpaired) electrons. The average molecular weight is 672 g/mol. The van der Waals surface area contributed by atoms with Crippen LogP contribution in [-0.2, 0) is 9.59 Å². The number of anilines is 2. The molecule has 48 heavy (non-hydrogen) atoms. The number of rotatable bonds is 14. The maximum absolute atomic E-state index is 13.7. The molecule has 0 fully saturated rings. The molecule has 0 spiro atoms. The fourth-order valence-corrected chi connectivity index (χ4v) is 5.47. The molecule has 11 nitrogen and oxygen atoms in total. The maximum atomic E-state index is 13.7. The van der Waals surface area contributed by atoms with Gasteiger partial charge in [0.2, 0.25) is 11.7 Å². The summed E-state index contributed by atoms with van der Waals surface area (Å²) < 4.78 is 27.0. The van der Waals surface area contributed by atoms with E-state index in [1.807, 2.05) is 6.07 Å². The van der Waals surface area contributed by atoms with Gasteiger partial charge in [-0.2, -0.15) is 0 Å². The fourth-order valence-electron chi connectivity index (χ4n) is 4.54. The number of hydrogen-bond donors (Lipinski definition) is 3. The highest BCUT2D eigenvalue weighted by atomic mass is 32.2. The van der Waals surface area contributed by atoms with Crippen molar-refractivity contribution in [1.82, 2.24) is 5.32 Å². The molecule has 4 rings (SSSR count). The zero-order chi connectivity index (χ0) is 34.6. The Kier molecular flexibility index (Phi) is 12.3. The van der Waals surface area contributed by atoms with Gasteiger partial charge < -0.3 is 39.6 Å². The highest BCUT2D eigenvalue weighted by molar-refractivity contribution is 8.00. The molecule has 0 aliphatic rings. The van der Waals surface area contributed by atoms with E-state index in [9.17, 15) is 14.4 Å². The number of ether oxygens (including phenoxy) is 5. The Hall–Kier alpha value is -5.62. The zero-order valence-electron chi connectivity index (χ0n) is 27.4. The normalized spacial score (nSPS) is 11.5. The largest absolute Gasteiger partial charge is 0.497 e. The van der Waals surface area contributed by atoms with Gasteiger partial charge in [0.15, 0.2) is 11.5 Å². The van der Waals surface area contributed by atoms with E-state index in [0.29, 0.717) is 51.2 Å². The summed E-state index contributed by atoms with van der Waals surface area (Å²) in [6.45, 7) is 1.77. The number of carbonyl (C=O) groups excluding carboxylic acids is 3. The molecule has 0 saturated carbocycles. The number of hydrogen-bond acceptors (Lipinski definition) is 9. The van der Waals surface area contributed by atoms with Gasteiger partial charge >= 0.3 is 0 Å². The van der Waals surface area contributed by atoms with Gasteiger partial charge in [-0.05, 0) is 73.2 Å². The second-order valence-electron chi connectivity index (χ2n) is 10.1. The number of methoxy groups -OCH3 is 5. The van der Waals surface area contributed by atoms with Crippen LogP contribution in [0.2, 0.25) is 0 Å². The van der Waals surface area contributed by atoms with Crippen LogP contribution in [0.25, 0.3) is 6.08 Å². The first-order valence-electron chi connectivity index (χ1n) is 14.7. The molecule has 0 saturated heterocycles. The fraction of sp³-hybridized carbons (Fsp3) is 0.194. The van der Waals surface area contributed by atoms with Crippen molar-refractivity contribution >= 4 is 46.9 Å². The molecule has 0 heterocycles. The molecule has 1 unspecified atom stereocenters. The first-order chi connectivity index (χ1) is 23.2. The third-order valence-corrected chi connectivity index (χ3v) is 8.06. The van der Waals surface area contributed by atoms with E-state index < -0.39 is 17.1 Å². The average Bonchev–Trinajstić information content (AvgIpc) is 3.11. The van der Waals surface area contributed by atoms with E-state index in [0.717, 1.165) is 4.90 Å². The first kappa shape index (κ1) is 35.2. The molecule has 3 N–H and O–H groups in total. The van der Waals surface area contributed by atoms with Crippen molar-refractivity contribution in [2.45, 2.75) is 17.1 Å². The van der Waals surface area contributed by atoms with Crippen LogP contribution in [0.5, 0.6) is 28.7 Å². The Bertz CT molecular complexity index is 1770. The van der Waals surface area contributed by atoms with E-state index in [-0.39, 0.29) is 11.6 Å². The topological polar surface area (TPSA) is 133 Å². The molecule has 1 atom stereocenters. The summed E-state index contributed by atoms with van der Waals surface area (Å²) in [7, 11) is 7.53.